The molecule has 18 heavy (non-hydrogen) atoms. The molecule has 0 spiro atoms. The fourth-order valence-corrected chi connectivity index (χ4v) is 2.05. The number of alkyl halides is 1. The number of ether oxygens (including phenoxy) is 2. The normalized spacial score (nSPS) is 10.7. The Balaban J connectivity index is 2.57. The van der Waals surface area contributed by atoms with Gasteiger partial charge in [-0.15, -0.1) is 0 Å². The lowest BCUT2D eigenvalue weighted by Gasteiger charge is -2.13. The van der Waals surface area contributed by atoms with Crippen LogP contribution in [0.3, 0.4) is 0 Å². The molecule has 0 heterocycles. The molecular formula is C15H23BrO2. The summed E-state index contributed by atoms with van der Waals surface area (Å²) >= 11 is 3.45. The highest BCUT2D eigenvalue weighted by atomic mass is 79.9. The van der Waals surface area contributed by atoms with E-state index in [1.54, 1.807) is 0 Å². The molecule has 0 saturated heterocycles. The molecule has 1 rings (SSSR count). The maximum absolute atomic E-state index is 5.80. The molecule has 0 atom stereocenters. The monoisotopic (exact) mass is 314 g/mol. The van der Waals surface area contributed by atoms with Gasteiger partial charge in [-0.05, 0) is 43.4 Å². The summed E-state index contributed by atoms with van der Waals surface area (Å²) in [4.78, 5) is 0. The molecule has 0 N–H and O–H groups in total. The maximum Gasteiger partial charge on any atom is 0.161 e. The van der Waals surface area contributed by atoms with Gasteiger partial charge in [-0.2, -0.15) is 0 Å². The molecule has 102 valence electrons. The minimum atomic E-state index is 0.661. The zero-order valence-electron chi connectivity index (χ0n) is 11.5. The molecule has 0 radical (unpaired) electrons. The highest BCUT2D eigenvalue weighted by Gasteiger charge is 2.06. The minimum Gasteiger partial charge on any atom is -0.490 e. The first-order valence-electron chi connectivity index (χ1n) is 6.61. The molecular weight excluding hydrogens is 292 g/mol. The Hall–Kier alpha value is -0.700. The van der Waals surface area contributed by atoms with Crippen molar-refractivity contribution in [2.45, 2.75) is 38.9 Å². The largest absolute Gasteiger partial charge is 0.490 e. The van der Waals surface area contributed by atoms with E-state index in [2.05, 4.69) is 35.8 Å². The van der Waals surface area contributed by atoms with E-state index in [0.29, 0.717) is 6.61 Å². The molecule has 0 aliphatic heterocycles. The fourth-order valence-electron chi connectivity index (χ4n) is 1.70. The van der Waals surface area contributed by atoms with E-state index >= 15 is 0 Å². The van der Waals surface area contributed by atoms with E-state index in [0.717, 1.165) is 35.8 Å². The average molecular weight is 315 g/mol. The molecule has 0 saturated carbocycles. The predicted octanol–water partition coefficient (Wildman–Crippen LogP) is 4.80. The Morgan fingerprint density at radius 3 is 2.56 bits per heavy atom. The van der Waals surface area contributed by atoms with E-state index in [9.17, 15) is 0 Å². The van der Waals surface area contributed by atoms with Crippen LogP contribution in [0.4, 0.5) is 0 Å². The van der Waals surface area contributed by atoms with Crippen LogP contribution in [0.1, 0.15) is 39.2 Å². The summed E-state index contributed by atoms with van der Waals surface area (Å²) in [7, 11) is 0. The molecule has 0 fully saturated rings. The smallest absolute Gasteiger partial charge is 0.161 e. The quantitative estimate of drug-likeness (QED) is 0.507. The summed E-state index contributed by atoms with van der Waals surface area (Å²) < 4.78 is 11.4. The fraction of sp³-hybridized carbons (Fsp3) is 0.600. The SMILES string of the molecule is CCOc1cc(CBr)ccc1OCCCC(C)C. The molecule has 0 aromatic heterocycles. The molecule has 0 aliphatic carbocycles. The number of hydrogen-bond donors (Lipinski definition) is 0. The van der Waals surface area contributed by atoms with Gasteiger partial charge in [0.1, 0.15) is 0 Å². The van der Waals surface area contributed by atoms with Crippen molar-refractivity contribution in [2.75, 3.05) is 13.2 Å². The molecule has 1 aromatic rings. The lowest BCUT2D eigenvalue weighted by molar-refractivity contribution is 0.266. The number of rotatable bonds is 8. The third-order valence-electron chi connectivity index (χ3n) is 2.65. The Kier molecular flexibility index (Phi) is 7.18. The number of hydrogen-bond acceptors (Lipinski definition) is 2. The summed E-state index contributed by atoms with van der Waals surface area (Å²) in [6, 6.07) is 6.10. The van der Waals surface area contributed by atoms with Gasteiger partial charge in [0.25, 0.3) is 0 Å². The van der Waals surface area contributed by atoms with Gasteiger partial charge in [0.05, 0.1) is 13.2 Å². The lowest BCUT2D eigenvalue weighted by atomic mass is 10.1. The van der Waals surface area contributed by atoms with Crippen LogP contribution in [0.15, 0.2) is 18.2 Å². The minimum absolute atomic E-state index is 0.661. The highest BCUT2D eigenvalue weighted by Crippen LogP contribution is 2.29. The molecule has 0 amide bonds. The van der Waals surface area contributed by atoms with Gasteiger partial charge in [0, 0.05) is 5.33 Å². The van der Waals surface area contributed by atoms with Crippen molar-refractivity contribution < 1.29 is 9.47 Å². The Morgan fingerprint density at radius 2 is 1.94 bits per heavy atom. The molecule has 3 heteroatoms. The zero-order valence-corrected chi connectivity index (χ0v) is 13.1. The van der Waals surface area contributed by atoms with Crippen LogP contribution in [-0.4, -0.2) is 13.2 Å². The van der Waals surface area contributed by atoms with Crippen LogP contribution in [0.2, 0.25) is 0 Å². The van der Waals surface area contributed by atoms with E-state index in [1.807, 2.05) is 19.1 Å². The summed E-state index contributed by atoms with van der Waals surface area (Å²) in [6.45, 7) is 7.87. The lowest BCUT2D eigenvalue weighted by Crippen LogP contribution is -2.02. The Morgan fingerprint density at radius 1 is 1.17 bits per heavy atom. The summed E-state index contributed by atoms with van der Waals surface area (Å²) in [5.74, 6) is 2.43. The Labute approximate surface area is 119 Å². The van der Waals surface area contributed by atoms with Gasteiger partial charge in [-0.3, -0.25) is 0 Å². The van der Waals surface area contributed by atoms with Gasteiger partial charge in [-0.25, -0.2) is 0 Å². The van der Waals surface area contributed by atoms with Crippen molar-refractivity contribution in [1.29, 1.82) is 0 Å². The van der Waals surface area contributed by atoms with Crippen LogP contribution in [0.25, 0.3) is 0 Å². The molecule has 0 unspecified atom stereocenters. The number of benzene rings is 1. The molecule has 0 aliphatic rings. The third kappa shape index (κ3) is 5.30. The van der Waals surface area contributed by atoms with E-state index in [-0.39, 0.29) is 0 Å². The van der Waals surface area contributed by atoms with Crippen LogP contribution >= 0.6 is 15.9 Å². The van der Waals surface area contributed by atoms with Gasteiger partial charge >= 0.3 is 0 Å². The van der Waals surface area contributed by atoms with E-state index < -0.39 is 0 Å². The van der Waals surface area contributed by atoms with Crippen LogP contribution in [-0.2, 0) is 5.33 Å². The first kappa shape index (κ1) is 15.4. The first-order valence-corrected chi connectivity index (χ1v) is 7.74. The maximum atomic E-state index is 5.80. The van der Waals surface area contributed by atoms with Gasteiger partial charge < -0.3 is 9.47 Å². The van der Waals surface area contributed by atoms with Crippen molar-refractivity contribution in [1.82, 2.24) is 0 Å². The average Bonchev–Trinajstić information content (AvgIpc) is 2.36. The predicted molar refractivity (Wildman–Crippen MR) is 79.8 cm³/mol. The second-order valence-electron chi connectivity index (χ2n) is 4.73. The van der Waals surface area contributed by atoms with E-state index in [1.165, 1.54) is 12.0 Å². The van der Waals surface area contributed by atoms with Crippen molar-refractivity contribution >= 4 is 15.9 Å². The van der Waals surface area contributed by atoms with E-state index in [4.69, 9.17) is 9.47 Å². The second-order valence-corrected chi connectivity index (χ2v) is 5.29. The summed E-state index contributed by atoms with van der Waals surface area (Å²) in [6.07, 6.45) is 2.28. The molecule has 0 bridgehead atoms. The topological polar surface area (TPSA) is 18.5 Å². The van der Waals surface area contributed by atoms with Crippen molar-refractivity contribution in [3.05, 3.63) is 23.8 Å². The second kappa shape index (κ2) is 8.41. The van der Waals surface area contributed by atoms with Crippen molar-refractivity contribution in [2.24, 2.45) is 5.92 Å². The molecule has 1 aromatic carbocycles. The van der Waals surface area contributed by atoms with Gasteiger partial charge in [0.15, 0.2) is 11.5 Å². The van der Waals surface area contributed by atoms with Gasteiger partial charge in [0.2, 0.25) is 0 Å². The third-order valence-corrected chi connectivity index (χ3v) is 3.29. The van der Waals surface area contributed by atoms with Crippen molar-refractivity contribution in [3.63, 3.8) is 0 Å². The summed E-state index contributed by atoms with van der Waals surface area (Å²) in [5.41, 5.74) is 1.20. The van der Waals surface area contributed by atoms with Crippen LogP contribution in [0, 0.1) is 5.92 Å². The number of halogens is 1. The first-order chi connectivity index (χ1) is 8.67. The van der Waals surface area contributed by atoms with Crippen LogP contribution in [0.5, 0.6) is 11.5 Å². The van der Waals surface area contributed by atoms with Crippen LogP contribution < -0.4 is 9.47 Å². The molecule has 2 nitrogen and oxygen atoms in total. The summed E-state index contributed by atoms with van der Waals surface area (Å²) in [5, 5.41) is 0.834. The zero-order chi connectivity index (χ0) is 13.4. The highest BCUT2D eigenvalue weighted by molar-refractivity contribution is 9.08. The van der Waals surface area contributed by atoms with Crippen molar-refractivity contribution in [3.8, 4) is 11.5 Å². The standard InChI is InChI=1S/C15H23BrO2/c1-4-17-15-10-13(11-16)7-8-14(15)18-9-5-6-12(2)3/h7-8,10,12H,4-6,9,11H2,1-3H3. The van der Waals surface area contributed by atoms with Gasteiger partial charge in [-0.1, -0.05) is 35.8 Å². The Bertz CT molecular complexity index is 350.